The third kappa shape index (κ3) is 39.3. The predicted molar refractivity (Wildman–Crippen MR) is 192 cm³/mol. The van der Waals surface area contributed by atoms with Gasteiger partial charge in [0.25, 0.3) is 0 Å². The van der Waals surface area contributed by atoms with Crippen LogP contribution in [0.25, 0.3) is 0 Å². The Hall–Kier alpha value is -0.980. The van der Waals surface area contributed by atoms with Crippen LogP contribution in [0.5, 0.6) is 0 Å². The van der Waals surface area contributed by atoms with E-state index in [0.29, 0.717) is 12.8 Å². The summed E-state index contributed by atoms with van der Waals surface area (Å²) in [7, 11) is 0. The molecule has 270 valence electrons. The normalized spacial score (nSPS) is 11.0. The smallest absolute Gasteiger partial charge is 1.00 e. The van der Waals surface area contributed by atoms with E-state index in [1.165, 1.54) is 154 Å². The van der Waals surface area contributed by atoms with Crippen molar-refractivity contribution < 1.29 is 59.6 Å². The minimum Gasteiger partial charge on any atom is -1.00 e. The van der Waals surface area contributed by atoms with Crippen molar-refractivity contribution >= 4 is 23.9 Å². The Morgan fingerprint density at radius 3 is 0.766 bits per heavy atom. The summed E-state index contributed by atoms with van der Waals surface area (Å²) < 4.78 is 9.46. The van der Waals surface area contributed by atoms with Gasteiger partial charge in [-0.3, -0.25) is 9.59 Å². The van der Waals surface area contributed by atoms with Crippen molar-refractivity contribution in [1.82, 2.24) is 0 Å². The SMILES string of the molecule is CCCCCCCCCCCCCCCCCC(=O)OC(=O)/C=C/C(=O)OC(=O)CCCCCCCCCCCCCCCCC.[H-].[Na+]. The molecule has 7 heteroatoms. The van der Waals surface area contributed by atoms with Crippen LogP contribution in [-0.2, 0) is 28.7 Å². The average molecular weight is 673 g/mol. The van der Waals surface area contributed by atoms with Crippen LogP contribution in [0.1, 0.15) is 221 Å². The number of hydrogen-bond donors (Lipinski definition) is 0. The molecule has 0 aliphatic rings. The third-order valence-electron chi connectivity index (χ3n) is 8.75. The summed E-state index contributed by atoms with van der Waals surface area (Å²) >= 11 is 0. The molecule has 0 atom stereocenters. The van der Waals surface area contributed by atoms with Crippen LogP contribution in [-0.4, -0.2) is 23.9 Å². The maximum Gasteiger partial charge on any atom is 1.00 e. The van der Waals surface area contributed by atoms with E-state index in [2.05, 4.69) is 13.8 Å². The molecule has 0 rings (SSSR count). The van der Waals surface area contributed by atoms with E-state index >= 15 is 0 Å². The first-order valence-corrected chi connectivity index (χ1v) is 19.7. The van der Waals surface area contributed by atoms with Gasteiger partial charge in [-0.25, -0.2) is 9.59 Å². The first-order valence-electron chi connectivity index (χ1n) is 19.7. The van der Waals surface area contributed by atoms with E-state index in [-0.39, 0.29) is 43.8 Å². The first kappa shape index (κ1) is 48.1. The monoisotopic (exact) mass is 673 g/mol. The molecule has 0 N–H and O–H groups in total. The van der Waals surface area contributed by atoms with Gasteiger partial charge in [0.05, 0.1) is 0 Å². The first-order chi connectivity index (χ1) is 22.5. The Morgan fingerprint density at radius 1 is 0.362 bits per heavy atom. The van der Waals surface area contributed by atoms with E-state index in [4.69, 9.17) is 9.47 Å². The zero-order chi connectivity index (χ0) is 33.8. The fraction of sp³-hybridized carbons (Fsp3) is 0.850. The summed E-state index contributed by atoms with van der Waals surface area (Å²) in [5.74, 6) is -3.03. The number of hydrogen-bond acceptors (Lipinski definition) is 6. The second-order valence-electron chi connectivity index (χ2n) is 13.3. The molecule has 47 heavy (non-hydrogen) atoms. The van der Waals surface area contributed by atoms with Gasteiger partial charge in [0, 0.05) is 25.0 Å². The van der Waals surface area contributed by atoms with Crippen molar-refractivity contribution in [3.63, 3.8) is 0 Å². The van der Waals surface area contributed by atoms with E-state index in [9.17, 15) is 19.2 Å². The van der Waals surface area contributed by atoms with Crippen molar-refractivity contribution in [3.05, 3.63) is 12.2 Å². The largest absolute Gasteiger partial charge is 1.00 e. The molecule has 0 fully saturated rings. The van der Waals surface area contributed by atoms with Gasteiger partial charge < -0.3 is 10.9 Å². The predicted octanol–water partition coefficient (Wildman–Crippen LogP) is 9.32. The zero-order valence-electron chi connectivity index (χ0n) is 32.2. The van der Waals surface area contributed by atoms with Crippen molar-refractivity contribution in [2.24, 2.45) is 0 Å². The van der Waals surface area contributed by atoms with Crippen LogP contribution in [0.4, 0.5) is 0 Å². The van der Waals surface area contributed by atoms with Gasteiger partial charge in [-0.1, -0.05) is 194 Å². The maximum absolute atomic E-state index is 11.9. The van der Waals surface area contributed by atoms with Crippen LogP contribution >= 0.6 is 0 Å². The van der Waals surface area contributed by atoms with Gasteiger partial charge in [-0.15, -0.1) is 0 Å². The minimum absolute atomic E-state index is 0. The van der Waals surface area contributed by atoms with Crippen molar-refractivity contribution in [2.45, 2.75) is 219 Å². The molecule has 0 bridgehead atoms. The number of esters is 4. The van der Waals surface area contributed by atoms with Crippen molar-refractivity contribution in [2.75, 3.05) is 0 Å². The Bertz CT molecular complexity index is 711. The summed E-state index contributed by atoms with van der Waals surface area (Å²) in [6.45, 7) is 4.51. The molecular weight excluding hydrogens is 599 g/mol. The summed E-state index contributed by atoms with van der Waals surface area (Å²) in [4.78, 5) is 47.4. The molecule has 0 spiro atoms. The standard InChI is InChI=1S/C40H72O6.Na.H/c1-3-5-7-9-11-13-15-17-19-21-23-25-27-29-31-33-37(41)45-39(43)35-36-40(44)46-38(42)34-32-30-28-26-24-22-20-18-16-14-12-10-8-6-4-2;;/h35-36H,3-34H2,1-2H3;;/q;+1;-1/b36-35+;;. The molecule has 0 aromatic rings. The van der Waals surface area contributed by atoms with Crippen molar-refractivity contribution in [1.29, 1.82) is 0 Å². The summed E-state index contributed by atoms with van der Waals surface area (Å²) in [6, 6.07) is 0. The molecule has 0 unspecified atom stereocenters. The number of carbonyl (C=O) groups is 4. The van der Waals surface area contributed by atoms with Crippen LogP contribution in [0.15, 0.2) is 12.2 Å². The van der Waals surface area contributed by atoms with E-state index in [0.717, 1.165) is 37.8 Å². The Morgan fingerprint density at radius 2 is 0.553 bits per heavy atom. The molecule has 0 radical (unpaired) electrons. The van der Waals surface area contributed by atoms with E-state index < -0.39 is 23.9 Å². The number of rotatable bonds is 34. The molecule has 0 heterocycles. The van der Waals surface area contributed by atoms with Gasteiger partial charge in [-0.2, -0.15) is 0 Å². The van der Waals surface area contributed by atoms with Crippen LogP contribution in [0.3, 0.4) is 0 Å². The molecule has 0 amide bonds. The summed E-state index contributed by atoms with van der Waals surface area (Å²) in [5, 5.41) is 0. The van der Waals surface area contributed by atoms with Gasteiger partial charge in [0.2, 0.25) is 0 Å². The van der Waals surface area contributed by atoms with Crippen LogP contribution < -0.4 is 29.6 Å². The maximum atomic E-state index is 11.9. The number of unbranched alkanes of at least 4 members (excludes halogenated alkanes) is 28. The molecule has 0 aromatic heterocycles. The van der Waals surface area contributed by atoms with Gasteiger partial charge in [0.1, 0.15) is 0 Å². The molecule has 0 saturated carbocycles. The third-order valence-corrected chi connectivity index (χ3v) is 8.75. The Labute approximate surface area is 313 Å². The number of ether oxygens (including phenoxy) is 2. The average Bonchev–Trinajstić information content (AvgIpc) is 3.03. The molecule has 0 aliphatic carbocycles. The molecular formula is C40H73NaO6. The second kappa shape index (κ2) is 39.5. The second-order valence-corrected chi connectivity index (χ2v) is 13.3. The number of carbonyl (C=O) groups excluding carboxylic acids is 4. The molecule has 0 aliphatic heterocycles. The Kier molecular flexibility index (Phi) is 40.4. The quantitative estimate of drug-likeness (QED) is 0.0223. The minimum atomic E-state index is -0.919. The van der Waals surface area contributed by atoms with Crippen LogP contribution in [0.2, 0.25) is 0 Å². The van der Waals surface area contributed by atoms with E-state index in [1.54, 1.807) is 0 Å². The van der Waals surface area contributed by atoms with Gasteiger partial charge in [-0.05, 0) is 12.8 Å². The zero-order valence-corrected chi connectivity index (χ0v) is 33.2. The molecule has 0 saturated heterocycles. The van der Waals surface area contributed by atoms with Crippen molar-refractivity contribution in [3.8, 4) is 0 Å². The molecule has 0 aromatic carbocycles. The van der Waals surface area contributed by atoms with E-state index in [1.807, 2.05) is 0 Å². The van der Waals surface area contributed by atoms with Crippen LogP contribution in [0, 0.1) is 0 Å². The summed E-state index contributed by atoms with van der Waals surface area (Å²) in [5.41, 5.74) is 0. The topological polar surface area (TPSA) is 86.7 Å². The Balaban J connectivity index is -0.0000101. The summed E-state index contributed by atoms with van der Waals surface area (Å²) in [6.07, 6.45) is 39.3. The molecule has 6 nitrogen and oxygen atoms in total. The fourth-order valence-electron chi connectivity index (χ4n) is 5.81. The fourth-order valence-corrected chi connectivity index (χ4v) is 5.81. The van der Waals surface area contributed by atoms with Gasteiger partial charge in [0.15, 0.2) is 0 Å². The van der Waals surface area contributed by atoms with Gasteiger partial charge >= 0.3 is 53.4 Å².